The fourth-order valence-corrected chi connectivity index (χ4v) is 3.20. The molecule has 1 unspecified atom stereocenters. The highest BCUT2D eigenvalue weighted by Crippen LogP contribution is 2.24. The Kier molecular flexibility index (Phi) is 6.36. The minimum Gasteiger partial charge on any atom is -0.484 e. The zero-order valence-corrected chi connectivity index (χ0v) is 17.2. The van der Waals surface area contributed by atoms with Gasteiger partial charge in [0.2, 0.25) is 5.91 Å². The minimum atomic E-state index is -0.383. The highest BCUT2D eigenvalue weighted by atomic mass is 32.2. The van der Waals surface area contributed by atoms with E-state index in [1.54, 1.807) is 6.92 Å². The molecule has 1 amide bonds. The third kappa shape index (κ3) is 5.36. The van der Waals surface area contributed by atoms with Gasteiger partial charge in [-0.25, -0.2) is 0 Å². The van der Waals surface area contributed by atoms with Crippen LogP contribution in [0.1, 0.15) is 29.5 Å². The van der Waals surface area contributed by atoms with Gasteiger partial charge in [0, 0.05) is 5.69 Å². The summed E-state index contributed by atoms with van der Waals surface area (Å²) in [6.45, 7) is 7.94. The van der Waals surface area contributed by atoms with Gasteiger partial charge in [0.05, 0.1) is 5.25 Å². The van der Waals surface area contributed by atoms with Crippen LogP contribution in [-0.4, -0.2) is 21.4 Å². The van der Waals surface area contributed by atoms with Crippen LogP contribution in [0.15, 0.2) is 52.1 Å². The lowest BCUT2D eigenvalue weighted by Gasteiger charge is -2.12. The van der Waals surface area contributed by atoms with Crippen LogP contribution in [0.25, 0.3) is 0 Å². The van der Waals surface area contributed by atoms with Crippen LogP contribution in [0.3, 0.4) is 0 Å². The molecule has 3 rings (SSSR count). The Morgan fingerprint density at radius 3 is 2.71 bits per heavy atom. The van der Waals surface area contributed by atoms with Gasteiger partial charge in [-0.2, -0.15) is 0 Å². The zero-order chi connectivity index (χ0) is 20.1. The van der Waals surface area contributed by atoms with E-state index in [4.69, 9.17) is 9.15 Å². The summed E-state index contributed by atoms with van der Waals surface area (Å²) in [5.74, 6) is 0.995. The molecule has 28 heavy (non-hydrogen) atoms. The molecule has 0 bridgehead atoms. The second kappa shape index (κ2) is 8.93. The number of nitrogens with zero attached hydrogens (tertiary/aromatic N) is 2. The van der Waals surface area contributed by atoms with Gasteiger partial charge in [-0.15, -0.1) is 10.2 Å². The van der Waals surface area contributed by atoms with Gasteiger partial charge in [0.1, 0.15) is 5.75 Å². The molecule has 0 saturated heterocycles. The Morgan fingerprint density at radius 1 is 1.14 bits per heavy atom. The number of carbonyl (C=O) groups excluding carboxylic acids is 1. The largest absolute Gasteiger partial charge is 0.484 e. The molecule has 7 heteroatoms. The lowest BCUT2D eigenvalue weighted by Crippen LogP contribution is -2.22. The number of benzene rings is 2. The topological polar surface area (TPSA) is 77.2 Å². The van der Waals surface area contributed by atoms with Gasteiger partial charge in [0.15, 0.2) is 6.61 Å². The molecule has 0 aliphatic rings. The van der Waals surface area contributed by atoms with Gasteiger partial charge < -0.3 is 14.5 Å². The third-order valence-corrected chi connectivity index (χ3v) is 5.03. The lowest BCUT2D eigenvalue weighted by atomic mass is 10.1. The predicted octanol–water partition coefficient (Wildman–Crippen LogP) is 4.69. The summed E-state index contributed by atoms with van der Waals surface area (Å²) < 4.78 is 11.2. The van der Waals surface area contributed by atoms with Crippen molar-refractivity contribution < 1.29 is 13.9 Å². The van der Waals surface area contributed by atoms with Crippen molar-refractivity contribution in [3.05, 3.63) is 65.0 Å². The molecule has 3 aromatic rings. The second-order valence-corrected chi connectivity index (χ2v) is 7.93. The highest BCUT2D eigenvalue weighted by molar-refractivity contribution is 8.00. The number of aromatic nitrogens is 2. The van der Waals surface area contributed by atoms with Crippen LogP contribution < -0.4 is 10.1 Å². The number of rotatable bonds is 7. The molecule has 0 aliphatic heterocycles. The van der Waals surface area contributed by atoms with E-state index in [9.17, 15) is 4.79 Å². The van der Waals surface area contributed by atoms with Gasteiger partial charge >= 0.3 is 0 Å². The van der Waals surface area contributed by atoms with E-state index in [1.807, 2.05) is 63.2 Å². The summed E-state index contributed by atoms with van der Waals surface area (Å²) in [6.07, 6.45) is 0. The molecule has 0 saturated carbocycles. The molecule has 2 aromatic carbocycles. The molecule has 1 aromatic heterocycles. The number of nitrogens with one attached hydrogen (secondary N) is 1. The summed E-state index contributed by atoms with van der Waals surface area (Å²) >= 11 is 1.22. The Morgan fingerprint density at radius 2 is 1.93 bits per heavy atom. The SMILES string of the molecule is Cc1cccc(OCc2nnc(SC(C)C(=O)Nc3cc(C)ccc3C)o2)c1. The van der Waals surface area contributed by atoms with Crippen molar-refractivity contribution >= 4 is 23.4 Å². The quantitative estimate of drug-likeness (QED) is 0.583. The first-order valence-electron chi connectivity index (χ1n) is 8.97. The lowest BCUT2D eigenvalue weighted by molar-refractivity contribution is -0.115. The maximum Gasteiger partial charge on any atom is 0.277 e. The number of anilines is 1. The molecule has 1 heterocycles. The van der Waals surface area contributed by atoms with Crippen molar-refractivity contribution in [2.45, 2.75) is 44.8 Å². The van der Waals surface area contributed by atoms with E-state index in [0.717, 1.165) is 28.1 Å². The molecular weight excluding hydrogens is 374 g/mol. The summed E-state index contributed by atoms with van der Waals surface area (Å²) in [5.41, 5.74) is 4.04. The third-order valence-electron chi connectivity index (χ3n) is 4.10. The van der Waals surface area contributed by atoms with E-state index in [1.165, 1.54) is 11.8 Å². The van der Waals surface area contributed by atoms with Crippen molar-refractivity contribution in [2.24, 2.45) is 0 Å². The van der Waals surface area contributed by atoms with Crippen molar-refractivity contribution in [3.63, 3.8) is 0 Å². The molecule has 146 valence electrons. The average molecular weight is 398 g/mol. The van der Waals surface area contributed by atoms with E-state index < -0.39 is 0 Å². The van der Waals surface area contributed by atoms with E-state index in [-0.39, 0.29) is 17.8 Å². The fraction of sp³-hybridized carbons (Fsp3) is 0.286. The number of carbonyl (C=O) groups is 1. The van der Waals surface area contributed by atoms with Gasteiger partial charge in [-0.3, -0.25) is 4.79 Å². The monoisotopic (exact) mass is 397 g/mol. The molecular formula is C21H23N3O3S. The van der Waals surface area contributed by atoms with E-state index in [2.05, 4.69) is 15.5 Å². The van der Waals surface area contributed by atoms with E-state index in [0.29, 0.717) is 11.1 Å². The van der Waals surface area contributed by atoms with Gasteiger partial charge in [-0.1, -0.05) is 36.0 Å². The normalized spacial score (nSPS) is 11.9. The summed E-state index contributed by atoms with van der Waals surface area (Å²) in [6, 6.07) is 13.7. The van der Waals surface area contributed by atoms with Crippen molar-refractivity contribution in [1.82, 2.24) is 10.2 Å². The zero-order valence-electron chi connectivity index (χ0n) is 16.4. The Labute approximate surface area is 168 Å². The minimum absolute atomic E-state index is 0.116. The molecule has 1 N–H and O–H groups in total. The molecule has 1 atom stereocenters. The van der Waals surface area contributed by atoms with Crippen molar-refractivity contribution in [2.75, 3.05) is 5.32 Å². The highest BCUT2D eigenvalue weighted by Gasteiger charge is 2.19. The van der Waals surface area contributed by atoms with Crippen molar-refractivity contribution in [3.8, 4) is 5.75 Å². The number of hydrogen-bond donors (Lipinski definition) is 1. The molecule has 0 radical (unpaired) electrons. The Balaban J connectivity index is 1.55. The molecule has 6 nitrogen and oxygen atoms in total. The Hall–Kier alpha value is -2.80. The number of thioether (sulfide) groups is 1. The maximum absolute atomic E-state index is 12.5. The first-order valence-corrected chi connectivity index (χ1v) is 9.85. The first kappa shape index (κ1) is 19.9. The average Bonchev–Trinajstić information content (AvgIpc) is 3.10. The molecule has 0 spiro atoms. The van der Waals surface area contributed by atoms with Gasteiger partial charge in [0.25, 0.3) is 11.1 Å². The van der Waals surface area contributed by atoms with Crippen molar-refractivity contribution in [1.29, 1.82) is 0 Å². The number of amides is 1. The van der Waals surface area contributed by atoms with E-state index >= 15 is 0 Å². The smallest absolute Gasteiger partial charge is 0.277 e. The van der Waals surface area contributed by atoms with Gasteiger partial charge in [-0.05, 0) is 62.6 Å². The Bertz CT molecular complexity index is 971. The standard InChI is InChI=1S/C21H23N3O3S/c1-13-6-5-7-17(10-13)26-12-19-23-24-21(27-19)28-16(4)20(25)22-18-11-14(2)8-9-15(18)3/h5-11,16H,12H2,1-4H3,(H,22,25). The van der Waals surface area contributed by atoms with Crippen LogP contribution >= 0.6 is 11.8 Å². The first-order chi connectivity index (χ1) is 13.4. The summed E-state index contributed by atoms with van der Waals surface area (Å²) in [7, 11) is 0. The summed E-state index contributed by atoms with van der Waals surface area (Å²) in [4.78, 5) is 12.5. The predicted molar refractivity (Wildman–Crippen MR) is 110 cm³/mol. The van der Waals surface area contributed by atoms with Crippen LogP contribution in [0, 0.1) is 20.8 Å². The molecule has 0 fully saturated rings. The number of ether oxygens (including phenoxy) is 1. The van der Waals surface area contributed by atoms with Crippen LogP contribution in [0.4, 0.5) is 5.69 Å². The maximum atomic E-state index is 12.5. The van der Waals surface area contributed by atoms with Crippen LogP contribution in [-0.2, 0) is 11.4 Å². The summed E-state index contributed by atoms with van der Waals surface area (Å²) in [5, 5.41) is 10.9. The number of hydrogen-bond acceptors (Lipinski definition) is 6. The number of aryl methyl sites for hydroxylation is 3. The second-order valence-electron chi connectivity index (χ2n) is 6.63. The fourth-order valence-electron chi connectivity index (χ4n) is 2.50. The molecule has 0 aliphatic carbocycles. The van der Waals surface area contributed by atoms with Crippen LogP contribution in [0.2, 0.25) is 0 Å². The van der Waals surface area contributed by atoms with Crippen LogP contribution in [0.5, 0.6) is 5.75 Å².